The van der Waals surface area contributed by atoms with Gasteiger partial charge in [0.1, 0.15) is 5.82 Å². The molecule has 1 aromatic carbocycles. The number of anilines is 1. The number of nitrogens with one attached hydrogen (secondary N) is 1. The van der Waals surface area contributed by atoms with Crippen LogP contribution < -0.4 is 14.8 Å². The predicted molar refractivity (Wildman–Crippen MR) is 115 cm³/mol. The second-order valence-corrected chi connectivity index (χ2v) is 8.17. The number of ketones is 1. The van der Waals surface area contributed by atoms with E-state index in [0.717, 1.165) is 29.7 Å². The first-order valence-electron chi connectivity index (χ1n) is 10.5. The summed E-state index contributed by atoms with van der Waals surface area (Å²) in [4.78, 5) is 35.4. The first-order chi connectivity index (χ1) is 15.0. The molecule has 0 saturated heterocycles. The number of aromatic nitrogens is 1. The molecule has 0 saturated carbocycles. The average Bonchev–Trinajstić information content (AvgIpc) is 3.20. The minimum atomic E-state index is -0.622. The lowest BCUT2D eigenvalue weighted by molar-refractivity contribution is -0.119. The molecule has 0 fully saturated rings. The summed E-state index contributed by atoms with van der Waals surface area (Å²) in [6.07, 6.45) is 3.66. The number of aryl methyl sites for hydroxylation is 1. The second kappa shape index (κ2) is 7.65. The van der Waals surface area contributed by atoms with E-state index in [1.54, 1.807) is 6.20 Å². The van der Waals surface area contributed by atoms with Crippen LogP contribution in [0.15, 0.2) is 52.8 Å². The number of allylic oxidation sites excluding steroid dienone is 2. The molecular formula is C24H23N3O4. The maximum atomic E-state index is 13.5. The maximum Gasteiger partial charge on any atom is 0.235 e. The van der Waals surface area contributed by atoms with Gasteiger partial charge in [0.25, 0.3) is 0 Å². The normalized spacial score (nSPS) is 22.1. The Bertz CT molecular complexity index is 1150. The Balaban J connectivity index is 1.58. The van der Waals surface area contributed by atoms with Crippen molar-refractivity contribution in [3.63, 3.8) is 0 Å². The third-order valence-corrected chi connectivity index (χ3v) is 6.04. The summed E-state index contributed by atoms with van der Waals surface area (Å²) in [5, 5.41) is 2.92. The second-order valence-electron chi connectivity index (χ2n) is 8.17. The molecule has 1 unspecified atom stereocenters. The molecule has 3 aliphatic rings. The van der Waals surface area contributed by atoms with Crippen LogP contribution in [0.4, 0.5) is 5.82 Å². The number of rotatable bonds is 3. The SMILES string of the molecule is CC1=NC2=C(C(=O)CCC2)[C@@H](c2ccc3c(c2)OCO3)C1C(=O)Nc1cc(C)ccn1. The molecule has 1 aromatic heterocycles. The number of carbonyl (C=O) groups excluding carboxylic acids is 2. The number of ether oxygens (including phenoxy) is 2. The lowest BCUT2D eigenvalue weighted by Crippen LogP contribution is -2.39. The van der Waals surface area contributed by atoms with Gasteiger partial charge < -0.3 is 14.8 Å². The van der Waals surface area contributed by atoms with Gasteiger partial charge in [-0.05, 0) is 62.1 Å². The predicted octanol–water partition coefficient (Wildman–Crippen LogP) is 3.94. The van der Waals surface area contributed by atoms with Crippen molar-refractivity contribution in [3.8, 4) is 11.5 Å². The first kappa shape index (κ1) is 19.5. The quantitative estimate of drug-likeness (QED) is 0.817. The number of amides is 1. The highest BCUT2D eigenvalue weighted by Crippen LogP contribution is 2.45. The van der Waals surface area contributed by atoms with Crippen molar-refractivity contribution in [2.75, 3.05) is 12.1 Å². The van der Waals surface area contributed by atoms with E-state index in [9.17, 15) is 9.59 Å². The summed E-state index contributed by atoms with van der Waals surface area (Å²) in [5.74, 6) is 0.556. The van der Waals surface area contributed by atoms with Gasteiger partial charge in [0.05, 0.1) is 5.92 Å². The van der Waals surface area contributed by atoms with Crippen LogP contribution in [0.25, 0.3) is 0 Å². The van der Waals surface area contributed by atoms with E-state index >= 15 is 0 Å². The molecule has 1 amide bonds. The monoisotopic (exact) mass is 417 g/mol. The van der Waals surface area contributed by atoms with E-state index < -0.39 is 11.8 Å². The number of nitrogens with zero attached hydrogens (tertiary/aromatic N) is 2. The van der Waals surface area contributed by atoms with E-state index in [2.05, 4.69) is 10.3 Å². The fraction of sp³-hybridized carbons (Fsp3) is 0.333. The Morgan fingerprint density at radius 3 is 2.77 bits per heavy atom. The van der Waals surface area contributed by atoms with Crippen molar-refractivity contribution in [2.24, 2.45) is 10.9 Å². The molecular weight excluding hydrogens is 394 g/mol. The maximum absolute atomic E-state index is 13.5. The van der Waals surface area contributed by atoms with Gasteiger partial charge in [-0.15, -0.1) is 0 Å². The zero-order valence-corrected chi connectivity index (χ0v) is 17.5. The fourth-order valence-electron chi connectivity index (χ4n) is 4.62. The van der Waals surface area contributed by atoms with Gasteiger partial charge >= 0.3 is 0 Å². The minimum Gasteiger partial charge on any atom is -0.454 e. The Labute approximate surface area is 180 Å². The summed E-state index contributed by atoms with van der Waals surface area (Å²) >= 11 is 0. The molecule has 0 spiro atoms. The number of pyridine rings is 1. The van der Waals surface area contributed by atoms with Crippen LogP contribution >= 0.6 is 0 Å². The summed E-state index contributed by atoms with van der Waals surface area (Å²) in [6.45, 7) is 3.97. The highest BCUT2D eigenvalue weighted by Gasteiger charge is 2.42. The molecule has 1 aliphatic carbocycles. The van der Waals surface area contributed by atoms with Crippen molar-refractivity contribution >= 4 is 23.2 Å². The lowest BCUT2D eigenvalue weighted by atomic mass is 9.71. The summed E-state index contributed by atoms with van der Waals surface area (Å²) in [7, 11) is 0. The lowest BCUT2D eigenvalue weighted by Gasteiger charge is -2.35. The molecule has 2 atom stereocenters. The molecule has 0 bridgehead atoms. The van der Waals surface area contributed by atoms with Crippen LogP contribution in [0.1, 0.15) is 43.2 Å². The summed E-state index contributed by atoms with van der Waals surface area (Å²) in [6, 6.07) is 9.32. The van der Waals surface area contributed by atoms with Gasteiger partial charge in [0.2, 0.25) is 12.7 Å². The molecule has 7 nitrogen and oxygen atoms in total. The molecule has 2 aromatic rings. The van der Waals surface area contributed by atoms with E-state index in [1.807, 2.05) is 44.2 Å². The van der Waals surface area contributed by atoms with Crippen molar-refractivity contribution in [2.45, 2.75) is 39.0 Å². The highest BCUT2D eigenvalue weighted by atomic mass is 16.7. The molecule has 158 valence electrons. The van der Waals surface area contributed by atoms with Crippen molar-refractivity contribution < 1.29 is 19.1 Å². The topological polar surface area (TPSA) is 89.9 Å². The zero-order chi connectivity index (χ0) is 21.5. The molecule has 1 N–H and O–H groups in total. The average molecular weight is 417 g/mol. The number of hydrogen-bond donors (Lipinski definition) is 1. The van der Waals surface area contributed by atoms with Crippen molar-refractivity contribution in [1.29, 1.82) is 0 Å². The molecule has 7 heteroatoms. The third kappa shape index (κ3) is 3.50. The van der Waals surface area contributed by atoms with Gasteiger partial charge in [-0.1, -0.05) is 6.07 Å². The van der Waals surface area contributed by atoms with E-state index in [-0.39, 0.29) is 18.5 Å². The number of hydrogen-bond acceptors (Lipinski definition) is 6. The summed E-state index contributed by atoms with van der Waals surface area (Å²) < 4.78 is 11.0. The Kier molecular flexibility index (Phi) is 4.81. The fourth-order valence-corrected chi connectivity index (χ4v) is 4.62. The van der Waals surface area contributed by atoms with Crippen molar-refractivity contribution in [3.05, 3.63) is 58.9 Å². The van der Waals surface area contributed by atoms with Gasteiger partial charge in [-0.2, -0.15) is 0 Å². The molecule has 5 rings (SSSR count). The molecule has 2 aliphatic heterocycles. The smallest absolute Gasteiger partial charge is 0.235 e. The van der Waals surface area contributed by atoms with Crippen molar-refractivity contribution in [1.82, 2.24) is 4.98 Å². The van der Waals surface area contributed by atoms with E-state index in [0.29, 0.717) is 35.0 Å². The zero-order valence-electron chi connectivity index (χ0n) is 17.5. The number of carbonyl (C=O) groups is 2. The minimum absolute atomic E-state index is 0.0617. The third-order valence-electron chi connectivity index (χ3n) is 6.04. The number of Topliss-reactive ketones (excluding diaryl/α,β-unsaturated/α-hetero) is 1. The first-order valence-corrected chi connectivity index (χ1v) is 10.5. The van der Waals surface area contributed by atoms with Crippen LogP contribution in [0.2, 0.25) is 0 Å². The Hall–Kier alpha value is -3.48. The van der Waals surface area contributed by atoms with Crippen LogP contribution in [-0.4, -0.2) is 29.2 Å². The molecule has 0 radical (unpaired) electrons. The molecule has 31 heavy (non-hydrogen) atoms. The molecule has 3 heterocycles. The van der Waals surface area contributed by atoms with Gasteiger partial charge in [0, 0.05) is 35.5 Å². The van der Waals surface area contributed by atoms with Gasteiger partial charge in [0.15, 0.2) is 17.3 Å². The highest BCUT2D eigenvalue weighted by molar-refractivity contribution is 6.13. The number of benzene rings is 1. The number of aliphatic imine (C=N–C) groups is 1. The van der Waals surface area contributed by atoms with E-state index in [4.69, 9.17) is 14.5 Å². The number of fused-ring (bicyclic) bond motifs is 1. The largest absolute Gasteiger partial charge is 0.454 e. The Morgan fingerprint density at radius 2 is 1.94 bits per heavy atom. The van der Waals surface area contributed by atoms with Crippen LogP contribution in [0.5, 0.6) is 11.5 Å². The van der Waals surface area contributed by atoms with E-state index in [1.165, 1.54) is 0 Å². The van der Waals surface area contributed by atoms with Gasteiger partial charge in [-0.3, -0.25) is 14.6 Å². The summed E-state index contributed by atoms with van der Waals surface area (Å²) in [5.41, 5.74) is 3.99. The van der Waals surface area contributed by atoms with Crippen LogP contribution in [0.3, 0.4) is 0 Å². The van der Waals surface area contributed by atoms with Gasteiger partial charge in [-0.25, -0.2) is 4.98 Å². The Morgan fingerprint density at radius 1 is 1.10 bits per heavy atom. The standard InChI is InChI=1S/C24H23N3O4/c1-13-8-9-25-20(10-13)27-24(29)21-14(2)26-16-4-3-5-17(28)23(16)22(21)15-6-7-18-19(11-15)31-12-30-18/h6-11,21-22H,3-5,12H2,1-2H3,(H,25,27,29)/t21?,22-/m0/s1. The van der Waals surface area contributed by atoms with Crippen LogP contribution in [-0.2, 0) is 9.59 Å². The van der Waals surface area contributed by atoms with Crippen LogP contribution in [0, 0.1) is 12.8 Å².